The van der Waals surface area contributed by atoms with Crippen LogP contribution in [0.5, 0.6) is 5.75 Å². The number of rotatable bonds is 3. The summed E-state index contributed by atoms with van der Waals surface area (Å²) >= 11 is 12.6. The van der Waals surface area contributed by atoms with Gasteiger partial charge in [-0.1, -0.05) is 23.2 Å². The van der Waals surface area contributed by atoms with E-state index in [4.69, 9.17) is 33.7 Å². The number of piperidine rings is 1. The number of nitrogens with zero attached hydrogens (tertiary/aromatic N) is 1. The number of halogens is 2. The van der Waals surface area contributed by atoms with E-state index in [1.54, 1.807) is 13.2 Å². The molecule has 0 radical (unpaired) electrons. The van der Waals surface area contributed by atoms with Gasteiger partial charge in [-0.3, -0.25) is 4.79 Å². The number of nitrogens with two attached hydrogens (primary N) is 1. The lowest BCUT2D eigenvalue weighted by atomic mass is 9.88. The van der Waals surface area contributed by atoms with Crippen LogP contribution in [0.4, 0.5) is 0 Å². The number of carbonyl (C=O) groups is 1. The Morgan fingerprint density at radius 1 is 1.36 bits per heavy atom. The van der Waals surface area contributed by atoms with Crippen LogP contribution in [0, 0.1) is 5.92 Å². The van der Waals surface area contributed by atoms with E-state index in [1.165, 1.54) is 0 Å². The zero-order valence-electron chi connectivity index (χ0n) is 12.5. The van der Waals surface area contributed by atoms with Gasteiger partial charge in [-0.25, -0.2) is 0 Å². The molecular weight excluding hydrogens is 323 g/mol. The lowest BCUT2D eigenvalue weighted by Crippen LogP contribution is -2.44. The van der Waals surface area contributed by atoms with Gasteiger partial charge in [0, 0.05) is 30.5 Å². The van der Waals surface area contributed by atoms with Crippen molar-refractivity contribution in [2.75, 3.05) is 20.2 Å². The van der Waals surface area contributed by atoms with E-state index in [9.17, 15) is 4.79 Å². The van der Waals surface area contributed by atoms with Gasteiger partial charge in [0.2, 0.25) is 5.91 Å². The Hall–Kier alpha value is -0.970. The van der Waals surface area contributed by atoms with Crippen molar-refractivity contribution in [1.29, 1.82) is 0 Å². The molecular formula is C16H20Cl2N2O2. The fourth-order valence-electron chi connectivity index (χ4n) is 3.77. The fraction of sp³-hybridized carbons (Fsp3) is 0.562. The van der Waals surface area contributed by atoms with Gasteiger partial charge in [-0.15, -0.1) is 0 Å². The Labute approximate surface area is 140 Å². The lowest BCUT2D eigenvalue weighted by molar-refractivity contribution is -0.136. The van der Waals surface area contributed by atoms with Crippen LogP contribution in [-0.2, 0) is 4.79 Å². The predicted octanol–water partition coefficient (Wildman–Crippen LogP) is 3.06. The first kappa shape index (κ1) is 15.9. The molecule has 0 aliphatic carbocycles. The minimum absolute atomic E-state index is 0.159. The zero-order valence-corrected chi connectivity index (χ0v) is 14.0. The van der Waals surface area contributed by atoms with Gasteiger partial charge < -0.3 is 15.4 Å². The molecule has 2 N–H and O–H groups in total. The third kappa shape index (κ3) is 2.68. The van der Waals surface area contributed by atoms with E-state index in [1.807, 2.05) is 11.0 Å². The molecule has 6 heteroatoms. The van der Waals surface area contributed by atoms with Crippen molar-refractivity contribution in [3.63, 3.8) is 0 Å². The topological polar surface area (TPSA) is 55.6 Å². The van der Waals surface area contributed by atoms with E-state index in [0.29, 0.717) is 35.5 Å². The van der Waals surface area contributed by atoms with Crippen LogP contribution in [0.25, 0.3) is 0 Å². The first-order chi connectivity index (χ1) is 10.5. The molecule has 1 unspecified atom stereocenters. The maximum atomic E-state index is 12.3. The molecule has 4 nitrogen and oxygen atoms in total. The Morgan fingerprint density at radius 3 is 2.82 bits per heavy atom. The Bertz CT molecular complexity index is 594. The lowest BCUT2D eigenvalue weighted by Gasteiger charge is -2.33. The molecule has 1 aromatic carbocycles. The summed E-state index contributed by atoms with van der Waals surface area (Å²) in [6.07, 6.45) is 2.41. The molecule has 0 bridgehead atoms. The Balaban J connectivity index is 1.90. The molecule has 0 saturated carbocycles. The first-order valence-corrected chi connectivity index (χ1v) is 8.32. The smallest absolute Gasteiger partial charge is 0.223 e. The highest BCUT2D eigenvalue weighted by Crippen LogP contribution is 2.45. The van der Waals surface area contributed by atoms with Crippen LogP contribution in [0.1, 0.15) is 30.7 Å². The Kier molecular flexibility index (Phi) is 4.53. The second-order valence-corrected chi connectivity index (χ2v) is 6.94. The van der Waals surface area contributed by atoms with Gasteiger partial charge in [0.15, 0.2) is 0 Å². The first-order valence-electron chi connectivity index (χ1n) is 7.56. The van der Waals surface area contributed by atoms with Crippen molar-refractivity contribution < 1.29 is 9.53 Å². The molecule has 0 spiro atoms. The van der Waals surface area contributed by atoms with Gasteiger partial charge in [-0.2, -0.15) is 0 Å². The summed E-state index contributed by atoms with van der Waals surface area (Å²) in [5.41, 5.74) is 6.67. The summed E-state index contributed by atoms with van der Waals surface area (Å²) < 4.78 is 5.45. The van der Waals surface area contributed by atoms with E-state index < -0.39 is 0 Å². The summed E-state index contributed by atoms with van der Waals surface area (Å²) in [6.45, 7) is 1.25. The Morgan fingerprint density at radius 2 is 2.14 bits per heavy atom. The highest BCUT2D eigenvalue weighted by molar-refractivity contribution is 6.42. The summed E-state index contributed by atoms with van der Waals surface area (Å²) in [7, 11) is 1.63. The molecule has 2 heterocycles. The maximum absolute atomic E-state index is 12.3. The van der Waals surface area contributed by atoms with Crippen molar-refractivity contribution in [3.8, 4) is 5.75 Å². The van der Waals surface area contributed by atoms with Gasteiger partial charge in [0.1, 0.15) is 5.75 Å². The molecule has 2 saturated heterocycles. The van der Waals surface area contributed by atoms with Gasteiger partial charge in [-0.05, 0) is 37.4 Å². The molecule has 2 fully saturated rings. The number of carbonyl (C=O) groups excluding carboxylic acids is 1. The number of fused-ring (bicyclic) bond motifs is 1. The molecule has 22 heavy (non-hydrogen) atoms. The number of hydrogen-bond donors (Lipinski definition) is 1. The molecule has 0 aromatic heterocycles. The van der Waals surface area contributed by atoms with Crippen LogP contribution in [0.15, 0.2) is 12.1 Å². The van der Waals surface area contributed by atoms with Crippen molar-refractivity contribution in [3.05, 3.63) is 27.7 Å². The number of hydrogen-bond acceptors (Lipinski definition) is 3. The minimum atomic E-state index is 0.159. The molecule has 2 aliphatic heterocycles. The van der Waals surface area contributed by atoms with E-state index in [2.05, 4.69) is 0 Å². The summed E-state index contributed by atoms with van der Waals surface area (Å²) in [5.74, 6) is 1.39. The quantitative estimate of drug-likeness (QED) is 0.918. The zero-order chi connectivity index (χ0) is 15.9. The molecule has 1 amide bonds. The van der Waals surface area contributed by atoms with Crippen molar-refractivity contribution in [2.24, 2.45) is 11.7 Å². The molecule has 120 valence electrons. The fourth-order valence-corrected chi connectivity index (χ4v) is 4.25. The number of ether oxygens (including phenoxy) is 1. The average Bonchev–Trinajstić information content (AvgIpc) is 2.93. The van der Waals surface area contributed by atoms with Gasteiger partial charge in [0.25, 0.3) is 0 Å². The van der Waals surface area contributed by atoms with Crippen LogP contribution < -0.4 is 10.5 Å². The molecule has 1 aromatic rings. The molecule has 2 aliphatic rings. The average molecular weight is 343 g/mol. The third-order valence-electron chi connectivity index (χ3n) is 4.86. The van der Waals surface area contributed by atoms with Crippen molar-refractivity contribution in [2.45, 2.75) is 31.2 Å². The van der Waals surface area contributed by atoms with E-state index >= 15 is 0 Å². The van der Waals surface area contributed by atoms with Crippen molar-refractivity contribution in [1.82, 2.24) is 4.90 Å². The molecule has 3 atom stereocenters. The van der Waals surface area contributed by atoms with Crippen LogP contribution in [0.2, 0.25) is 10.0 Å². The second kappa shape index (κ2) is 6.26. The van der Waals surface area contributed by atoms with Crippen molar-refractivity contribution >= 4 is 29.1 Å². The minimum Gasteiger partial charge on any atom is -0.496 e. The van der Waals surface area contributed by atoms with Gasteiger partial charge in [0.05, 0.1) is 17.2 Å². The largest absolute Gasteiger partial charge is 0.496 e. The molecule has 3 rings (SSSR count). The predicted molar refractivity (Wildman–Crippen MR) is 87.7 cm³/mol. The summed E-state index contributed by atoms with van der Waals surface area (Å²) in [6, 6.07) is 3.83. The number of methoxy groups -OCH3 is 1. The summed E-state index contributed by atoms with van der Waals surface area (Å²) in [4.78, 5) is 14.3. The standard InChI is InChI=1S/C16H20Cl2N2O2/c1-22-13-3-2-12(17)16(18)15(13)10-6-11-4-9(7-19)5-14(21)20(11)8-10/h2-3,9-11H,4-8,19H2,1H3/t9?,10-,11+/m0/s1. The van der Waals surface area contributed by atoms with E-state index in [0.717, 1.165) is 24.2 Å². The van der Waals surface area contributed by atoms with Crippen LogP contribution >= 0.6 is 23.2 Å². The summed E-state index contributed by atoms with van der Waals surface area (Å²) in [5, 5.41) is 1.06. The third-order valence-corrected chi connectivity index (χ3v) is 5.68. The highest BCUT2D eigenvalue weighted by Gasteiger charge is 2.42. The van der Waals surface area contributed by atoms with Crippen LogP contribution in [-0.4, -0.2) is 37.0 Å². The SMILES string of the molecule is COc1ccc(Cl)c(Cl)c1[C@H]1C[C@H]2CC(CN)CC(=O)N2C1. The highest BCUT2D eigenvalue weighted by atomic mass is 35.5. The monoisotopic (exact) mass is 342 g/mol. The van der Waals surface area contributed by atoms with E-state index in [-0.39, 0.29) is 17.9 Å². The van der Waals surface area contributed by atoms with Crippen LogP contribution in [0.3, 0.4) is 0 Å². The maximum Gasteiger partial charge on any atom is 0.223 e. The number of benzene rings is 1. The van der Waals surface area contributed by atoms with Gasteiger partial charge >= 0.3 is 0 Å². The normalized spacial score (nSPS) is 27.9. The second-order valence-electron chi connectivity index (χ2n) is 6.15. The number of amides is 1.